The van der Waals surface area contributed by atoms with Crippen molar-refractivity contribution in [1.29, 1.82) is 0 Å². The average molecular weight is 224 g/mol. The zero-order chi connectivity index (χ0) is 11.4. The molecule has 1 saturated heterocycles. The normalized spacial score (nSPS) is 20.7. The first-order valence-electron chi connectivity index (χ1n) is 5.34. The second-order valence-corrected chi connectivity index (χ2v) is 3.85. The third-order valence-electron chi connectivity index (χ3n) is 2.41. The summed E-state index contributed by atoms with van der Waals surface area (Å²) in [4.78, 5) is 11.6. The summed E-state index contributed by atoms with van der Waals surface area (Å²) in [6.07, 6.45) is 2.20. The Bertz CT molecular complexity index is 357. The zero-order valence-electron chi connectivity index (χ0n) is 9.27. The van der Waals surface area contributed by atoms with Crippen molar-refractivity contribution in [3.63, 3.8) is 0 Å². The Labute approximate surface area is 94.0 Å². The number of anilines is 1. The van der Waals surface area contributed by atoms with Crippen molar-refractivity contribution < 1.29 is 9.53 Å². The molecule has 1 fully saturated rings. The van der Waals surface area contributed by atoms with Gasteiger partial charge in [0.15, 0.2) is 5.82 Å². The molecule has 0 radical (unpaired) electrons. The maximum Gasteiger partial charge on any atom is 0.227 e. The maximum atomic E-state index is 11.6. The van der Waals surface area contributed by atoms with E-state index >= 15 is 0 Å². The number of morpholine rings is 1. The highest BCUT2D eigenvalue weighted by atomic mass is 16.5. The van der Waals surface area contributed by atoms with Crippen LogP contribution in [0.5, 0.6) is 0 Å². The predicted molar refractivity (Wildman–Crippen MR) is 59.1 cm³/mol. The molecular weight excluding hydrogens is 208 g/mol. The summed E-state index contributed by atoms with van der Waals surface area (Å²) < 4.78 is 6.93. The van der Waals surface area contributed by atoms with Gasteiger partial charge < -0.3 is 15.4 Å². The smallest absolute Gasteiger partial charge is 0.227 e. The first-order chi connectivity index (χ1) is 7.74. The molecule has 2 rings (SSSR count). The van der Waals surface area contributed by atoms with Gasteiger partial charge >= 0.3 is 0 Å². The lowest BCUT2D eigenvalue weighted by Gasteiger charge is -2.22. The fraction of sp³-hybridized carbons (Fsp3) is 0.600. The van der Waals surface area contributed by atoms with Gasteiger partial charge in [-0.1, -0.05) is 0 Å². The molecular formula is C10H16N4O2. The van der Waals surface area contributed by atoms with Crippen molar-refractivity contribution in [2.45, 2.75) is 12.5 Å². The van der Waals surface area contributed by atoms with Gasteiger partial charge in [-0.15, -0.1) is 0 Å². The van der Waals surface area contributed by atoms with Crippen LogP contribution >= 0.6 is 0 Å². The fourth-order valence-electron chi connectivity index (χ4n) is 1.65. The second kappa shape index (κ2) is 5.09. The SMILES string of the molecule is Cn1ccc(NC(=O)CC2COCCN2)n1. The maximum absolute atomic E-state index is 11.6. The van der Waals surface area contributed by atoms with E-state index in [4.69, 9.17) is 4.74 Å². The monoisotopic (exact) mass is 224 g/mol. The van der Waals surface area contributed by atoms with Crippen molar-refractivity contribution in [3.8, 4) is 0 Å². The lowest BCUT2D eigenvalue weighted by molar-refractivity contribution is -0.117. The Kier molecular flexibility index (Phi) is 3.53. The fourth-order valence-corrected chi connectivity index (χ4v) is 1.65. The summed E-state index contributed by atoms with van der Waals surface area (Å²) in [5.74, 6) is 0.547. The van der Waals surface area contributed by atoms with Crippen LogP contribution in [0.1, 0.15) is 6.42 Å². The molecule has 6 heteroatoms. The largest absolute Gasteiger partial charge is 0.378 e. The van der Waals surface area contributed by atoms with Gasteiger partial charge in [-0.2, -0.15) is 5.10 Å². The Hall–Kier alpha value is -1.40. The van der Waals surface area contributed by atoms with E-state index in [1.165, 1.54) is 0 Å². The lowest BCUT2D eigenvalue weighted by Crippen LogP contribution is -2.43. The van der Waals surface area contributed by atoms with Crippen molar-refractivity contribution in [2.24, 2.45) is 7.05 Å². The summed E-state index contributed by atoms with van der Waals surface area (Å²) in [6, 6.07) is 1.88. The lowest BCUT2D eigenvalue weighted by atomic mass is 10.2. The van der Waals surface area contributed by atoms with E-state index in [0.29, 0.717) is 18.8 Å². The first-order valence-corrected chi connectivity index (χ1v) is 5.34. The van der Waals surface area contributed by atoms with Crippen LogP contribution in [-0.2, 0) is 16.6 Å². The molecule has 0 aromatic carbocycles. The number of hydrogen-bond acceptors (Lipinski definition) is 4. The summed E-state index contributed by atoms with van der Waals surface area (Å²) in [7, 11) is 1.81. The van der Waals surface area contributed by atoms with Gasteiger partial charge in [0.2, 0.25) is 5.91 Å². The van der Waals surface area contributed by atoms with Crippen LogP contribution in [0, 0.1) is 0 Å². The van der Waals surface area contributed by atoms with E-state index in [-0.39, 0.29) is 11.9 Å². The van der Waals surface area contributed by atoms with Crippen LogP contribution in [-0.4, -0.2) is 41.5 Å². The van der Waals surface area contributed by atoms with Crippen molar-refractivity contribution >= 4 is 11.7 Å². The number of amides is 1. The van der Waals surface area contributed by atoms with Gasteiger partial charge in [-0.25, -0.2) is 0 Å². The van der Waals surface area contributed by atoms with Crippen LogP contribution < -0.4 is 10.6 Å². The molecule has 1 aromatic rings. The Morgan fingerprint density at radius 3 is 3.31 bits per heavy atom. The van der Waals surface area contributed by atoms with Crippen LogP contribution in [0.15, 0.2) is 12.3 Å². The van der Waals surface area contributed by atoms with Gasteiger partial charge in [-0.3, -0.25) is 9.48 Å². The van der Waals surface area contributed by atoms with Gasteiger partial charge in [-0.05, 0) is 0 Å². The second-order valence-electron chi connectivity index (χ2n) is 3.85. The van der Waals surface area contributed by atoms with E-state index in [2.05, 4.69) is 15.7 Å². The summed E-state index contributed by atoms with van der Waals surface area (Å²) in [5, 5.41) is 10.0. The number of ether oxygens (including phenoxy) is 1. The number of carbonyl (C=O) groups is 1. The molecule has 16 heavy (non-hydrogen) atoms. The van der Waals surface area contributed by atoms with Crippen molar-refractivity contribution in [3.05, 3.63) is 12.3 Å². The van der Waals surface area contributed by atoms with E-state index in [1.807, 2.05) is 7.05 Å². The number of aryl methyl sites for hydroxylation is 1. The highest BCUT2D eigenvalue weighted by Gasteiger charge is 2.17. The van der Waals surface area contributed by atoms with Crippen molar-refractivity contribution in [1.82, 2.24) is 15.1 Å². The highest BCUT2D eigenvalue weighted by Crippen LogP contribution is 2.04. The van der Waals surface area contributed by atoms with Crippen molar-refractivity contribution in [2.75, 3.05) is 25.1 Å². The van der Waals surface area contributed by atoms with Crippen LogP contribution in [0.2, 0.25) is 0 Å². The quantitative estimate of drug-likeness (QED) is 0.742. The highest BCUT2D eigenvalue weighted by molar-refractivity contribution is 5.90. The molecule has 1 amide bonds. The predicted octanol–water partition coefficient (Wildman–Crippen LogP) is -0.263. The molecule has 1 atom stereocenters. The number of nitrogens with zero attached hydrogens (tertiary/aromatic N) is 2. The van der Waals surface area contributed by atoms with E-state index in [1.54, 1.807) is 16.9 Å². The van der Waals surface area contributed by atoms with Gasteiger partial charge in [0.25, 0.3) is 0 Å². The number of nitrogens with one attached hydrogen (secondary N) is 2. The zero-order valence-corrected chi connectivity index (χ0v) is 9.27. The van der Waals surface area contributed by atoms with Crippen LogP contribution in [0.25, 0.3) is 0 Å². The van der Waals surface area contributed by atoms with Gasteiger partial charge in [0, 0.05) is 38.3 Å². The summed E-state index contributed by atoms with van der Waals surface area (Å²) >= 11 is 0. The molecule has 0 bridgehead atoms. The number of hydrogen-bond donors (Lipinski definition) is 2. The van der Waals surface area contributed by atoms with Crippen LogP contribution in [0.4, 0.5) is 5.82 Å². The standard InChI is InChI=1S/C10H16N4O2/c1-14-4-2-9(13-14)12-10(15)6-8-7-16-5-3-11-8/h2,4,8,11H,3,5-7H2,1H3,(H,12,13,15). The third-order valence-corrected chi connectivity index (χ3v) is 2.41. The molecule has 0 spiro atoms. The Morgan fingerprint density at radius 2 is 2.69 bits per heavy atom. The van der Waals surface area contributed by atoms with Gasteiger partial charge in [0.05, 0.1) is 13.2 Å². The minimum Gasteiger partial charge on any atom is -0.378 e. The minimum absolute atomic E-state index is 0.0401. The average Bonchev–Trinajstić information content (AvgIpc) is 2.65. The first kappa shape index (κ1) is 11.1. The number of aromatic nitrogens is 2. The van der Waals surface area contributed by atoms with E-state index in [9.17, 15) is 4.79 Å². The molecule has 1 aromatic heterocycles. The van der Waals surface area contributed by atoms with E-state index in [0.717, 1.165) is 13.2 Å². The molecule has 1 unspecified atom stereocenters. The number of rotatable bonds is 3. The molecule has 6 nitrogen and oxygen atoms in total. The Morgan fingerprint density at radius 1 is 1.81 bits per heavy atom. The minimum atomic E-state index is -0.0401. The Balaban J connectivity index is 1.79. The van der Waals surface area contributed by atoms with Crippen LogP contribution in [0.3, 0.4) is 0 Å². The van der Waals surface area contributed by atoms with Gasteiger partial charge in [0.1, 0.15) is 0 Å². The third kappa shape index (κ3) is 3.04. The molecule has 1 aliphatic rings. The summed E-state index contributed by atoms with van der Waals surface area (Å²) in [6.45, 7) is 2.12. The molecule has 2 N–H and O–H groups in total. The molecule has 1 aliphatic heterocycles. The molecule has 0 aliphatic carbocycles. The topological polar surface area (TPSA) is 68.2 Å². The van der Waals surface area contributed by atoms with E-state index < -0.39 is 0 Å². The summed E-state index contributed by atoms with van der Waals surface area (Å²) in [5.41, 5.74) is 0. The molecule has 2 heterocycles. The molecule has 88 valence electrons. The molecule has 0 saturated carbocycles. The number of carbonyl (C=O) groups excluding carboxylic acids is 1.